The van der Waals surface area contributed by atoms with E-state index < -0.39 is 0 Å². The lowest BCUT2D eigenvalue weighted by Gasteiger charge is -2.10. The molecule has 0 bridgehead atoms. The van der Waals surface area contributed by atoms with Crippen molar-refractivity contribution in [2.45, 2.75) is 58.6 Å². The van der Waals surface area contributed by atoms with Crippen molar-refractivity contribution in [3.63, 3.8) is 0 Å². The summed E-state index contributed by atoms with van der Waals surface area (Å²) in [6.45, 7) is 4.84. The fraction of sp³-hybridized carbons (Fsp3) is 0.417. The van der Waals surface area contributed by atoms with Crippen molar-refractivity contribution in [2.24, 2.45) is 0 Å². The molecule has 0 aliphatic carbocycles. The number of aryl methyl sites for hydroxylation is 1. The SMILES string of the molecule is CC(C)Oc1ccc(CNC(=O)CCCC(=O)OCCCc2ccccc2)cc1. The fourth-order valence-electron chi connectivity index (χ4n) is 2.82. The Bertz CT molecular complexity index is 741. The van der Waals surface area contributed by atoms with Crippen molar-refractivity contribution in [2.75, 3.05) is 6.61 Å². The van der Waals surface area contributed by atoms with E-state index in [1.807, 2.05) is 56.3 Å². The largest absolute Gasteiger partial charge is 0.491 e. The van der Waals surface area contributed by atoms with Gasteiger partial charge < -0.3 is 14.8 Å². The zero-order valence-electron chi connectivity index (χ0n) is 17.4. The van der Waals surface area contributed by atoms with Crippen LogP contribution in [0.25, 0.3) is 0 Å². The normalized spacial score (nSPS) is 10.6. The van der Waals surface area contributed by atoms with Crippen molar-refractivity contribution in [3.05, 3.63) is 65.7 Å². The van der Waals surface area contributed by atoms with Crippen LogP contribution < -0.4 is 10.1 Å². The third-order valence-electron chi connectivity index (χ3n) is 4.29. The second-order valence-corrected chi connectivity index (χ2v) is 7.25. The van der Waals surface area contributed by atoms with Crippen molar-refractivity contribution < 1.29 is 19.1 Å². The van der Waals surface area contributed by atoms with Crippen LogP contribution in [0, 0.1) is 0 Å². The van der Waals surface area contributed by atoms with Crippen molar-refractivity contribution in [3.8, 4) is 5.75 Å². The molecule has 0 aromatic heterocycles. The van der Waals surface area contributed by atoms with Crippen LogP contribution in [0.3, 0.4) is 0 Å². The number of hydrogen-bond acceptors (Lipinski definition) is 4. The van der Waals surface area contributed by atoms with E-state index in [0.717, 1.165) is 24.2 Å². The van der Waals surface area contributed by atoms with Gasteiger partial charge in [-0.1, -0.05) is 42.5 Å². The van der Waals surface area contributed by atoms with E-state index in [0.29, 0.717) is 26.0 Å². The van der Waals surface area contributed by atoms with Gasteiger partial charge in [0.25, 0.3) is 0 Å². The summed E-state index contributed by atoms with van der Waals surface area (Å²) in [6.07, 6.45) is 2.90. The Hall–Kier alpha value is -2.82. The van der Waals surface area contributed by atoms with Crippen molar-refractivity contribution in [1.82, 2.24) is 5.32 Å². The predicted molar refractivity (Wildman–Crippen MR) is 114 cm³/mol. The van der Waals surface area contributed by atoms with E-state index in [1.54, 1.807) is 0 Å². The highest BCUT2D eigenvalue weighted by atomic mass is 16.5. The average Bonchev–Trinajstić information content (AvgIpc) is 2.71. The quantitative estimate of drug-likeness (QED) is 0.425. The highest BCUT2D eigenvalue weighted by Crippen LogP contribution is 2.13. The first-order valence-electron chi connectivity index (χ1n) is 10.2. The molecule has 0 spiro atoms. The molecule has 0 aliphatic heterocycles. The van der Waals surface area contributed by atoms with Gasteiger partial charge in [0, 0.05) is 19.4 Å². The molecule has 5 nitrogen and oxygen atoms in total. The summed E-state index contributed by atoms with van der Waals surface area (Å²) in [5, 5.41) is 2.87. The zero-order valence-corrected chi connectivity index (χ0v) is 17.4. The maximum Gasteiger partial charge on any atom is 0.305 e. The minimum absolute atomic E-state index is 0.0654. The molecule has 2 rings (SSSR count). The summed E-state index contributed by atoms with van der Waals surface area (Å²) in [7, 11) is 0. The van der Waals surface area contributed by atoms with Crippen molar-refractivity contribution >= 4 is 11.9 Å². The molecule has 0 radical (unpaired) electrons. The van der Waals surface area contributed by atoms with Gasteiger partial charge in [0.15, 0.2) is 0 Å². The Balaban J connectivity index is 1.53. The standard InChI is InChI=1S/C24H31NO4/c1-19(2)29-22-15-13-21(14-16-22)18-25-23(26)11-6-12-24(27)28-17-7-10-20-8-4-3-5-9-20/h3-5,8-9,13-16,19H,6-7,10-12,17-18H2,1-2H3,(H,25,26). The molecule has 0 unspecified atom stereocenters. The lowest BCUT2D eigenvalue weighted by atomic mass is 10.1. The lowest BCUT2D eigenvalue weighted by Crippen LogP contribution is -2.22. The number of carbonyl (C=O) groups excluding carboxylic acids is 2. The monoisotopic (exact) mass is 397 g/mol. The minimum Gasteiger partial charge on any atom is -0.491 e. The van der Waals surface area contributed by atoms with Gasteiger partial charge in [-0.15, -0.1) is 0 Å². The Morgan fingerprint density at radius 1 is 0.897 bits per heavy atom. The van der Waals surface area contributed by atoms with Gasteiger partial charge in [0.2, 0.25) is 5.91 Å². The first kappa shape index (κ1) is 22.5. The predicted octanol–water partition coefficient (Wildman–Crippen LogP) is 4.44. The van der Waals surface area contributed by atoms with Crippen LogP contribution in [0.4, 0.5) is 0 Å². The van der Waals surface area contributed by atoms with E-state index in [-0.39, 0.29) is 24.4 Å². The second-order valence-electron chi connectivity index (χ2n) is 7.25. The number of amides is 1. The fourth-order valence-corrected chi connectivity index (χ4v) is 2.82. The maximum atomic E-state index is 11.9. The van der Waals surface area contributed by atoms with E-state index in [1.165, 1.54) is 5.56 Å². The average molecular weight is 398 g/mol. The van der Waals surface area contributed by atoms with Crippen LogP contribution in [0.1, 0.15) is 50.7 Å². The Labute approximate surface area is 173 Å². The first-order valence-corrected chi connectivity index (χ1v) is 10.2. The number of ether oxygens (including phenoxy) is 2. The molecule has 0 saturated carbocycles. The van der Waals surface area contributed by atoms with Crippen LogP contribution in [0.2, 0.25) is 0 Å². The van der Waals surface area contributed by atoms with Gasteiger partial charge in [-0.25, -0.2) is 0 Å². The van der Waals surface area contributed by atoms with Crippen LogP contribution in [-0.4, -0.2) is 24.6 Å². The Morgan fingerprint density at radius 2 is 1.62 bits per heavy atom. The van der Waals surface area contributed by atoms with Gasteiger partial charge in [0.1, 0.15) is 5.75 Å². The number of hydrogen-bond donors (Lipinski definition) is 1. The van der Waals surface area contributed by atoms with Crippen molar-refractivity contribution in [1.29, 1.82) is 0 Å². The number of carbonyl (C=O) groups is 2. The molecule has 0 saturated heterocycles. The maximum absolute atomic E-state index is 11.9. The molecular formula is C24H31NO4. The summed E-state index contributed by atoms with van der Waals surface area (Å²) in [5.41, 5.74) is 2.24. The number of esters is 1. The summed E-state index contributed by atoms with van der Waals surface area (Å²) < 4.78 is 10.8. The molecule has 0 atom stereocenters. The molecular weight excluding hydrogens is 366 g/mol. The van der Waals surface area contributed by atoms with Crippen LogP contribution in [0.15, 0.2) is 54.6 Å². The summed E-state index contributed by atoms with van der Waals surface area (Å²) in [4.78, 5) is 23.7. The van der Waals surface area contributed by atoms with E-state index in [4.69, 9.17) is 9.47 Å². The summed E-state index contributed by atoms with van der Waals surface area (Å²) in [6, 6.07) is 17.8. The summed E-state index contributed by atoms with van der Waals surface area (Å²) >= 11 is 0. The van der Waals surface area contributed by atoms with Gasteiger partial charge in [-0.2, -0.15) is 0 Å². The molecule has 29 heavy (non-hydrogen) atoms. The smallest absolute Gasteiger partial charge is 0.305 e. The van der Waals surface area contributed by atoms with Crippen LogP contribution in [0.5, 0.6) is 5.75 Å². The third-order valence-corrected chi connectivity index (χ3v) is 4.29. The topological polar surface area (TPSA) is 64.6 Å². The first-order chi connectivity index (χ1) is 14.0. The highest BCUT2D eigenvalue weighted by molar-refractivity contribution is 5.77. The molecule has 2 aromatic carbocycles. The van der Waals surface area contributed by atoms with Crippen LogP contribution >= 0.6 is 0 Å². The van der Waals surface area contributed by atoms with E-state index in [9.17, 15) is 9.59 Å². The number of benzene rings is 2. The zero-order chi connectivity index (χ0) is 20.9. The molecule has 1 amide bonds. The van der Waals surface area contributed by atoms with E-state index >= 15 is 0 Å². The lowest BCUT2D eigenvalue weighted by molar-refractivity contribution is -0.143. The van der Waals surface area contributed by atoms with Gasteiger partial charge >= 0.3 is 5.97 Å². The Kier molecular flexibility index (Phi) is 9.76. The molecule has 2 aromatic rings. The van der Waals surface area contributed by atoms with Crippen LogP contribution in [-0.2, 0) is 27.3 Å². The third kappa shape index (κ3) is 9.79. The molecule has 0 fully saturated rings. The number of nitrogens with one attached hydrogen (secondary N) is 1. The molecule has 156 valence electrons. The second kappa shape index (κ2) is 12.6. The molecule has 0 aliphatic rings. The van der Waals surface area contributed by atoms with Gasteiger partial charge in [-0.05, 0) is 56.4 Å². The Morgan fingerprint density at radius 3 is 2.31 bits per heavy atom. The number of rotatable bonds is 12. The summed E-state index contributed by atoms with van der Waals surface area (Å²) in [5.74, 6) is 0.508. The highest BCUT2D eigenvalue weighted by Gasteiger charge is 2.07. The van der Waals surface area contributed by atoms with Gasteiger partial charge in [-0.3, -0.25) is 9.59 Å². The molecule has 0 heterocycles. The molecule has 1 N–H and O–H groups in total. The molecule has 5 heteroatoms. The minimum atomic E-state index is -0.244. The van der Waals surface area contributed by atoms with E-state index in [2.05, 4.69) is 17.4 Å². The van der Waals surface area contributed by atoms with Gasteiger partial charge in [0.05, 0.1) is 12.7 Å².